The molecule has 0 aliphatic rings. The van der Waals surface area contributed by atoms with E-state index in [2.05, 4.69) is 17.9 Å². The average Bonchev–Trinajstić information content (AvgIpc) is 1.99. The summed E-state index contributed by atoms with van der Waals surface area (Å²) in [6, 6.07) is 0. The summed E-state index contributed by atoms with van der Waals surface area (Å²) in [6.45, 7) is 2.68. The van der Waals surface area contributed by atoms with Gasteiger partial charge in [-0.05, 0) is 25.5 Å². The van der Waals surface area contributed by atoms with Crippen LogP contribution in [-0.2, 0) is 4.79 Å². The minimum atomic E-state index is 0.173. The van der Waals surface area contributed by atoms with E-state index in [9.17, 15) is 4.79 Å². The Bertz CT molecular complexity index is 106. The summed E-state index contributed by atoms with van der Waals surface area (Å²) >= 11 is 4.09. The largest absolute Gasteiger partial charge is 0.356 e. The fourth-order valence-corrected chi connectivity index (χ4v) is 1.08. The summed E-state index contributed by atoms with van der Waals surface area (Å²) in [7, 11) is 0. The first-order chi connectivity index (χ1) is 5.31. The number of rotatable bonds is 6. The van der Waals surface area contributed by atoms with Crippen molar-refractivity contribution < 1.29 is 4.79 Å². The lowest BCUT2D eigenvalue weighted by molar-refractivity contribution is -0.121. The third-order valence-electron chi connectivity index (χ3n) is 1.44. The fourth-order valence-electron chi connectivity index (χ4n) is 0.860. The quantitative estimate of drug-likeness (QED) is 0.466. The van der Waals surface area contributed by atoms with Gasteiger partial charge in [0.15, 0.2) is 0 Å². The second-order valence-electron chi connectivity index (χ2n) is 2.49. The van der Waals surface area contributed by atoms with Gasteiger partial charge < -0.3 is 5.32 Å². The van der Waals surface area contributed by atoms with Gasteiger partial charge in [-0.15, -0.1) is 0 Å². The summed E-state index contributed by atoms with van der Waals surface area (Å²) in [5.41, 5.74) is 0. The molecular formula is C8H17NOS. The second kappa shape index (κ2) is 7.92. The molecule has 0 aromatic rings. The molecule has 1 amide bonds. The molecule has 0 saturated heterocycles. The highest BCUT2D eigenvalue weighted by atomic mass is 32.1. The molecule has 0 spiro atoms. The molecule has 3 heteroatoms. The van der Waals surface area contributed by atoms with Crippen LogP contribution in [0.15, 0.2) is 0 Å². The predicted molar refractivity (Wildman–Crippen MR) is 51.0 cm³/mol. The molecule has 0 aliphatic heterocycles. The van der Waals surface area contributed by atoms with Crippen LogP contribution < -0.4 is 5.32 Å². The van der Waals surface area contributed by atoms with Crippen molar-refractivity contribution in [2.24, 2.45) is 0 Å². The monoisotopic (exact) mass is 175 g/mol. The maximum Gasteiger partial charge on any atom is 0.219 e. The van der Waals surface area contributed by atoms with Gasteiger partial charge in [0.2, 0.25) is 5.91 Å². The molecule has 0 heterocycles. The molecule has 11 heavy (non-hydrogen) atoms. The SMILES string of the molecule is CCNC(=O)CCCCCS. The van der Waals surface area contributed by atoms with E-state index >= 15 is 0 Å². The Morgan fingerprint density at radius 3 is 2.64 bits per heavy atom. The summed E-state index contributed by atoms with van der Waals surface area (Å²) in [6.07, 6.45) is 3.89. The molecule has 1 N–H and O–H groups in total. The smallest absolute Gasteiger partial charge is 0.219 e. The van der Waals surface area contributed by atoms with Crippen molar-refractivity contribution in [2.45, 2.75) is 32.6 Å². The van der Waals surface area contributed by atoms with Crippen LogP contribution in [0.3, 0.4) is 0 Å². The number of thiol groups is 1. The Balaban J connectivity index is 3.04. The van der Waals surface area contributed by atoms with E-state index in [1.807, 2.05) is 6.92 Å². The zero-order chi connectivity index (χ0) is 8.53. The Morgan fingerprint density at radius 2 is 2.09 bits per heavy atom. The third-order valence-corrected chi connectivity index (χ3v) is 1.75. The summed E-state index contributed by atoms with van der Waals surface area (Å²) in [4.78, 5) is 10.9. The molecule has 66 valence electrons. The lowest BCUT2D eigenvalue weighted by atomic mass is 10.2. The van der Waals surface area contributed by atoms with Gasteiger partial charge in [-0.25, -0.2) is 0 Å². The van der Waals surface area contributed by atoms with Gasteiger partial charge in [0, 0.05) is 13.0 Å². The number of hydrogen-bond donors (Lipinski definition) is 2. The van der Waals surface area contributed by atoms with Crippen LogP contribution in [0.25, 0.3) is 0 Å². The Morgan fingerprint density at radius 1 is 1.36 bits per heavy atom. The topological polar surface area (TPSA) is 29.1 Å². The maximum atomic E-state index is 10.9. The van der Waals surface area contributed by atoms with Crippen LogP contribution in [0.1, 0.15) is 32.6 Å². The highest BCUT2D eigenvalue weighted by molar-refractivity contribution is 7.80. The number of carbonyl (C=O) groups excluding carboxylic acids is 1. The van der Waals surface area contributed by atoms with Gasteiger partial charge in [-0.3, -0.25) is 4.79 Å². The molecule has 0 unspecified atom stereocenters. The fraction of sp³-hybridized carbons (Fsp3) is 0.875. The van der Waals surface area contributed by atoms with Crippen molar-refractivity contribution in [1.29, 1.82) is 0 Å². The molecule has 0 atom stereocenters. The summed E-state index contributed by atoms with van der Waals surface area (Å²) in [5.74, 6) is 1.10. The van der Waals surface area contributed by atoms with Crippen LogP contribution >= 0.6 is 12.6 Å². The summed E-state index contributed by atoms with van der Waals surface area (Å²) in [5, 5.41) is 2.76. The molecule has 0 saturated carbocycles. The van der Waals surface area contributed by atoms with Gasteiger partial charge in [0.1, 0.15) is 0 Å². The van der Waals surface area contributed by atoms with Gasteiger partial charge in [-0.2, -0.15) is 12.6 Å². The zero-order valence-electron chi connectivity index (χ0n) is 7.10. The Hall–Kier alpha value is -0.180. The van der Waals surface area contributed by atoms with Crippen molar-refractivity contribution in [1.82, 2.24) is 5.32 Å². The molecule has 0 aromatic heterocycles. The van der Waals surface area contributed by atoms with Crippen molar-refractivity contribution in [3.05, 3.63) is 0 Å². The lowest BCUT2D eigenvalue weighted by Gasteiger charge is -2.00. The van der Waals surface area contributed by atoms with Gasteiger partial charge >= 0.3 is 0 Å². The zero-order valence-corrected chi connectivity index (χ0v) is 7.99. The van der Waals surface area contributed by atoms with Crippen LogP contribution in [0.4, 0.5) is 0 Å². The first-order valence-electron chi connectivity index (χ1n) is 4.18. The van der Waals surface area contributed by atoms with Gasteiger partial charge in [-0.1, -0.05) is 6.42 Å². The number of unbranched alkanes of at least 4 members (excludes halogenated alkanes) is 2. The van der Waals surface area contributed by atoms with Crippen molar-refractivity contribution >= 4 is 18.5 Å². The minimum Gasteiger partial charge on any atom is -0.356 e. The van der Waals surface area contributed by atoms with Crippen molar-refractivity contribution in [2.75, 3.05) is 12.3 Å². The van der Waals surface area contributed by atoms with E-state index in [0.717, 1.165) is 31.6 Å². The maximum absolute atomic E-state index is 10.9. The first kappa shape index (κ1) is 10.8. The molecule has 0 bridgehead atoms. The first-order valence-corrected chi connectivity index (χ1v) is 4.82. The number of hydrogen-bond acceptors (Lipinski definition) is 2. The third kappa shape index (κ3) is 7.72. The van der Waals surface area contributed by atoms with E-state index in [4.69, 9.17) is 0 Å². The summed E-state index contributed by atoms with van der Waals surface area (Å²) < 4.78 is 0. The van der Waals surface area contributed by atoms with Crippen molar-refractivity contribution in [3.8, 4) is 0 Å². The Kier molecular flexibility index (Phi) is 7.79. The molecule has 0 rings (SSSR count). The van der Waals surface area contributed by atoms with E-state index in [0.29, 0.717) is 6.42 Å². The highest BCUT2D eigenvalue weighted by Gasteiger charge is 1.97. The van der Waals surface area contributed by atoms with E-state index in [1.165, 1.54) is 0 Å². The predicted octanol–water partition coefficient (Wildman–Crippen LogP) is 1.61. The highest BCUT2D eigenvalue weighted by Crippen LogP contribution is 2.00. The van der Waals surface area contributed by atoms with Crippen LogP contribution in [-0.4, -0.2) is 18.2 Å². The molecule has 0 aromatic carbocycles. The standard InChI is InChI=1S/C8H17NOS/c1-2-9-8(10)6-4-3-5-7-11/h11H,2-7H2,1H3,(H,9,10). The van der Waals surface area contributed by atoms with E-state index in [1.54, 1.807) is 0 Å². The second-order valence-corrected chi connectivity index (χ2v) is 2.93. The molecular weight excluding hydrogens is 158 g/mol. The normalized spacial score (nSPS) is 9.64. The van der Waals surface area contributed by atoms with Crippen LogP contribution in [0.5, 0.6) is 0 Å². The van der Waals surface area contributed by atoms with E-state index < -0.39 is 0 Å². The molecule has 0 fully saturated rings. The molecule has 0 radical (unpaired) electrons. The van der Waals surface area contributed by atoms with Gasteiger partial charge in [0.25, 0.3) is 0 Å². The lowest BCUT2D eigenvalue weighted by Crippen LogP contribution is -2.21. The molecule has 0 aliphatic carbocycles. The number of carbonyl (C=O) groups is 1. The number of amides is 1. The number of nitrogens with one attached hydrogen (secondary N) is 1. The Labute approximate surface area is 74.2 Å². The minimum absolute atomic E-state index is 0.173. The van der Waals surface area contributed by atoms with Crippen LogP contribution in [0, 0.1) is 0 Å². The van der Waals surface area contributed by atoms with E-state index in [-0.39, 0.29) is 5.91 Å². The molecule has 2 nitrogen and oxygen atoms in total. The van der Waals surface area contributed by atoms with Crippen LogP contribution in [0.2, 0.25) is 0 Å². The van der Waals surface area contributed by atoms with Gasteiger partial charge in [0.05, 0.1) is 0 Å². The average molecular weight is 175 g/mol. The van der Waals surface area contributed by atoms with Crippen molar-refractivity contribution in [3.63, 3.8) is 0 Å².